The lowest BCUT2D eigenvalue weighted by Crippen LogP contribution is -2.23. The van der Waals surface area contributed by atoms with Crippen LogP contribution in [-0.2, 0) is 0 Å². The summed E-state index contributed by atoms with van der Waals surface area (Å²) in [4.78, 5) is 0. The topological polar surface area (TPSA) is 52.5 Å². The van der Waals surface area contributed by atoms with E-state index in [2.05, 4.69) is 5.32 Å². The van der Waals surface area contributed by atoms with Gasteiger partial charge in [-0.1, -0.05) is 0 Å². The second kappa shape index (κ2) is 5.04. The third-order valence-electron chi connectivity index (χ3n) is 1.99. The Bertz CT molecular complexity index is 344. The van der Waals surface area contributed by atoms with Gasteiger partial charge in [-0.05, 0) is 18.6 Å². The van der Waals surface area contributed by atoms with Crippen molar-refractivity contribution in [1.29, 1.82) is 0 Å². The monoisotopic (exact) mass is 217 g/mol. The first kappa shape index (κ1) is 11.9. The van der Waals surface area contributed by atoms with Gasteiger partial charge >= 0.3 is 0 Å². The highest BCUT2D eigenvalue weighted by atomic mass is 19.1. The molecule has 0 aliphatic heterocycles. The number of aryl methyl sites for hydroxylation is 1. The molecule has 0 amide bonds. The fourth-order valence-electron chi connectivity index (χ4n) is 1.07. The highest BCUT2D eigenvalue weighted by molar-refractivity contribution is 5.46. The summed E-state index contributed by atoms with van der Waals surface area (Å²) in [5, 5.41) is 20.0. The van der Waals surface area contributed by atoms with Gasteiger partial charge in [-0.25, -0.2) is 8.78 Å². The summed E-state index contributed by atoms with van der Waals surface area (Å²) in [6.45, 7) is 1.00. The van der Waals surface area contributed by atoms with Gasteiger partial charge in [0, 0.05) is 12.6 Å². The van der Waals surface area contributed by atoms with Crippen LogP contribution in [0, 0.1) is 18.6 Å². The molecule has 1 atom stereocenters. The molecule has 0 bridgehead atoms. The summed E-state index contributed by atoms with van der Waals surface area (Å²) < 4.78 is 26.3. The Labute approximate surface area is 86.4 Å². The van der Waals surface area contributed by atoms with Gasteiger partial charge in [0.2, 0.25) is 0 Å². The van der Waals surface area contributed by atoms with E-state index in [1.54, 1.807) is 0 Å². The van der Waals surface area contributed by atoms with Gasteiger partial charge in [0.25, 0.3) is 0 Å². The van der Waals surface area contributed by atoms with Gasteiger partial charge < -0.3 is 15.5 Å². The molecular weight excluding hydrogens is 204 g/mol. The summed E-state index contributed by atoms with van der Waals surface area (Å²) in [5.74, 6) is -1.10. The predicted molar refractivity (Wildman–Crippen MR) is 52.7 cm³/mol. The number of hydrogen-bond donors (Lipinski definition) is 3. The average molecular weight is 217 g/mol. The van der Waals surface area contributed by atoms with E-state index in [4.69, 9.17) is 10.2 Å². The molecule has 3 nitrogen and oxygen atoms in total. The normalized spacial score (nSPS) is 12.6. The van der Waals surface area contributed by atoms with E-state index >= 15 is 0 Å². The Morgan fingerprint density at radius 1 is 1.33 bits per heavy atom. The number of rotatable bonds is 4. The fraction of sp³-hybridized carbons (Fsp3) is 0.400. The highest BCUT2D eigenvalue weighted by Gasteiger charge is 2.08. The number of aliphatic hydroxyl groups excluding tert-OH is 2. The van der Waals surface area contributed by atoms with E-state index in [9.17, 15) is 8.78 Å². The van der Waals surface area contributed by atoms with E-state index in [1.807, 2.05) is 0 Å². The first-order valence-corrected chi connectivity index (χ1v) is 4.53. The van der Waals surface area contributed by atoms with Gasteiger partial charge in [-0.15, -0.1) is 0 Å². The van der Waals surface area contributed by atoms with Gasteiger partial charge in [0.1, 0.15) is 11.6 Å². The Morgan fingerprint density at radius 3 is 2.60 bits per heavy atom. The molecule has 15 heavy (non-hydrogen) atoms. The zero-order valence-corrected chi connectivity index (χ0v) is 8.30. The van der Waals surface area contributed by atoms with Crippen LogP contribution < -0.4 is 5.32 Å². The smallest absolute Gasteiger partial charge is 0.146 e. The van der Waals surface area contributed by atoms with Crippen LogP contribution in [0.3, 0.4) is 0 Å². The molecule has 0 unspecified atom stereocenters. The highest BCUT2D eigenvalue weighted by Crippen LogP contribution is 2.18. The predicted octanol–water partition coefficient (Wildman–Crippen LogP) is 1.04. The SMILES string of the molecule is Cc1cc(F)c(NC[C@H](O)CO)cc1F. The van der Waals surface area contributed by atoms with Crippen LogP contribution in [0.2, 0.25) is 0 Å². The summed E-state index contributed by atoms with van der Waals surface area (Å²) >= 11 is 0. The largest absolute Gasteiger partial charge is 0.394 e. The number of hydrogen-bond acceptors (Lipinski definition) is 3. The molecule has 0 saturated heterocycles. The minimum absolute atomic E-state index is 0.0226. The molecule has 1 aromatic carbocycles. The van der Waals surface area contributed by atoms with Crippen molar-refractivity contribution >= 4 is 5.69 Å². The molecule has 1 rings (SSSR count). The van der Waals surface area contributed by atoms with Crippen LogP contribution in [0.5, 0.6) is 0 Å². The van der Waals surface area contributed by atoms with Gasteiger partial charge in [-0.2, -0.15) is 0 Å². The van der Waals surface area contributed by atoms with Crippen molar-refractivity contribution in [1.82, 2.24) is 0 Å². The third-order valence-corrected chi connectivity index (χ3v) is 1.99. The van der Waals surface area contributed by atoms with Crippen molar-refractivity contribution < 1.29 is 19.0 Å². The molecule has 3 N–H and O–H groups in total. The molecule has 84 valence electrons. The number of aliphatic hydroxyl groups is 2. The zero-order chi connectivity index (χ0) is 11.4. The lowest BCUT2D eigenvalue weighted by Gasteiger charge is -2.11. The molecule has 0 aromatic heterocycles. The summed E-state index contributed by atoms with van der Waals surface area (Å²) in [6, 6.07) is 2.09. The van der Waals surface area contributed by atoms with E-state index in [0.29, 0.717) is 0 Å². The van der Waals surface area contributed by atoms with Crippen molar-refractivity contribution in [3.63, 3.8) is 0 Å². The quantitative estimate of drug-likeness (QED) is 0.706. The maximum atomic E-state index is 13.2. The number of halogens is 2. The molecular formula is C10H13F2NO2. The minimum atomic E-state index is -0.992. The van der Waals surface area contributed by atoms with Crippen molar-refractivity contribution in [2.75, 3.05) is 18.5 Å². The minimum Gasteiger partial charge on any atom is -0.394 e. The van der Waals surface area contributed by atoms with Crippen LogP contribution in [0.15, 0.2) is 12.1 Å². The first-order chi connectivity index (χ1) is 7.04. The maximum Gasteiger partial charge on any atom is 0.146 e. The van der Waals surface area contributed by atoms with Crippen LogP contribution in [-0.4, -0.2) is 29.5 Å². The van der Waals surface area contributed by atoms with Crippen LogP contribution >= 0.6 is 0 Å². The zero-order valence-electron chi connectivity index (χ0n) is 8.30. The number of benzene rings is 1. The summed E-state index contributed by atoms with van der Waals surface area (Å²) in [7, 11) is 0. The summed E-state index contributed by atoms with van der Waals surface area (Å²) in [6.07, 6.45) is -0.992. The molecule has 0 aliphatic carbocycles. The second-order valence-electron chi connectivity index (χ2n) is 3.30. The molecule has 0 saturated carbocycles. The van der Waals surface area contributed by atoms with Crippen LogP contribution in [0.4, 0.5) is 14.5 Å². The molecule has 0 heterocycles. The molecule has 1 aromatic rings. The van der Waals surface area contributed by atoms with Gasteiger partial charge in [-0.3, -0.25) is 0 Å². The molecule has 0 fully saturated rings. The third kappa shape index (κ3) is 3.14. The van der Waals surface area contributed by atoms with E-state index in [0.717, 1.165) is 12.1 Å². The standard InChI is InChI=1S/C10H13F2NO2/c1-6-2-9(12)10(3-8(6)11)13-4-7(15)5-14/h2-3,7,13-15H,4-5H2,1H3/t7-/m0/s1. The average Bonchev–Trinajstić information content (AvgIpc) is 2.21. The van der Waals surface area contributed by atoms with Crippen molar-refractivity contribution in [2.45, 2.75) is 13.0 Å². The van der Waals surface area contributed by atoms with Gasteiger partial charge in [0.15, 0.2) is 0 Å². The van der Waals surface area contributed by atoms with Crippen molar-refractivity contribution in [2.24, 2.45) is 0 Å². The van der Waals surface area contributed by atoms with E-state index in [-0.39, 0.29) is 17.8 Å². The van der Waals surface area contributed by atoms with Crippen molar-refractivity contribution in [3.05, 3.63) is 29.3 Å². The second-order valence-corrected chi connectivity index (χ2v) is 3.30. The van der Waals surface area contributed by atoms with Crippen LogP contribution in [0.25, 0.3) is 0 Å². The number of anilines is 1. The maximum absolute atomic E-state index is 13.2. The Balaban J connectivity index is 2.73. The van der Waals surface area contributed by atoms with E-state index < -0.39 is 24.3 Å². The van der Waals surface area contributed by atoms with Crippen LogP contribution in [0.1, 0.15) is 5.56 Å². The lowest BCUT2D eigenvalue weighted by atomic mass is 10.2. The Hall–Kier alpha value is -1.20. The summed E-state index contributed by atoms with van der Waals surface area (Å²) in [5.41, 5.74) is 0.200. The number of nitrogens with one attached hydrogen (secondary N) is 1. The lowest BCUT2D eigenvalue weighted by molar-refractivity contribution is 0.105. The Morgan fingerprint density at radius 2 is 2.00 bits per heavy atom. The molecule has 5 heteroatoms. The molecule has 0 aliphatic rings. The van der Waals surface area contributed by atoms with Gasteiger partial charge in [0.05, 0.1) is 18.4 Å². The van der Waals surface area contributed by atoms with Crippen molar-refractivity contribution in [3.8, 4) is 0 Å². The molecule has 0 radical (unpaired) electrons. The first-order valence-electron chi connectivity index (χ1n) is 4.53. The fourth-order valence-corrected chi connectivity index (χ4v) is 1.07. The Kier molecular flexibility index (Phi) is 3.99. The van der Waals surface area contributed by atoms with E-state index in [1.165, 1.54) is 6.92 Å². The molecule has 0 spiro atoms.